The zero-order chi connectivity index (χ0) is 12.8. The first-order valence-electron chi connectivity index (χ1n) is 6.59. The Morgan fingerprint density at radius 3 is 2.33 bits per heavy atom. The van der Waals surface area contributed by atoms with Crippen LogP contribution in [0.4, 0.5) is 11.9 Å². The molecule has 0 amide bonds. The van der Waals surface area contributed by atoms with Crippen molar-refractivity contribution in [2.24, 2.45) is 5.92 Å². The monoisotopic (exact) mass is 251 g/mol. The van der Waals surface area contributed by atoms with Crippen LogP contribution in [-0.2, 0) is 0 Å². The molecule has 6 heteroatoms. The molecule has 1 aromatic rings. The molecule has 1 aromatic heterocycles. The van der Waals surface area contributed by atoms with Crippen LogP contribution in [-0.4, -0.2) is 35.2 Å². The zero-order valence-corrected chi connectivity index (χ0v) is 11.1. The Hall–Kier alpha value is -1.59. The van der Waals surface area contributed by atoms with E-state index >= 15 is 0 Å². The fraction of sp³-hybridized carbons (Fsp3) is 0.750. The Kier molecular flexibility index (Phi) is 4.55. The maximum Gasteiger partial charge on any atom is 0.322 e. The first-order valence-corrected chi connectivity index (χ1v) is 6.59. The van der Waals surface area contributed by atoms with Crippen LogP contribution in [0.1, 0.15) is 32.6 Å². The van der Waals surface area contributed by atoms with E-state index in [2.05, 4.69) is 32.5 Å². The van der Waals surface area contributed by atoms with Crippen LogP contribution < -0.4 is 15.4 Å². The van der Waals surface area contributed by atoms with Crippen molar-refractivity contribution in [2.75, 3.05) is 30.8 Å². The van der Waals surface area contributed by atoms with Crippen molar-refractivity contribution < 1.29 is 4.74 Å². The topological polar surface area (TPSA) is 72.0 Å². The highest BCUT2D eigenvalue weighted by molar-refractivity contribution is 5.35. The summed E-state index contributed by atoms with van der Waals surface area (Å²) >= 11 is 0. The molecular weight excluding hydrogens is 230 g/mol. The summed E-state index contributed by atoms with van der Waals surface area (Å²) in [6, 6.07) is 0.345. The highest BCUT2D eigenvalue weighted by atomic mass is 16.5. The standard InChI is InChI=1S/C12H21N5O/c1-3-7-13-10-15-11(17-12(16-10)18-2)14-8-6-9-4-5-9/h9H,3-8H2,1-2H3,(H2,13,14,15,16,17). The minimum absolute atomic E-state index is 0.345. The van der Waals surface area contributed by atoms with E-state index in [9.17, 15) is 0 Å². The molecule has 1 saturated carbocycles. The van der Waals surface area contributed by atoms with E-state index in [-0.39, 0.29) is 0 Å². The second kappa shape index (κ2) is 6.37. The molecule has 0 atom stereocenters. The molecule has 0 spiro atoms. The minimum Gasteiger partial charge on any atom is -0.467 e. The van der Waals surface area contributed by atoms with E-state index in [1.165, 1.54) is 19.3 Å². The van der Waals surface area contributed by atoms with Gasteiger partial charge in [-0.25, -0.2) is 0 Å². The van der Waals surface area contributed by atoms with E-state index < -0.39 is 0 Å². The molecule has 1 fully saturated rings. The molecule has 1 aliphatic rings. The third kappa shape index (κ3) is 4.01. The zero-order valence-electron chi connectivity index (χ0n) is 11.1. The summed E-state index contributed by atoms with van der Waals surface area (Å²) in [5.41, 5.74) is 0. The number of anilines is 2. The van der Waals surface area contributed by atoms with Crippen LogP contribution in [0.5, 0.6) is 6.01 Å². The van der Waals surface area contributed by atoms with Crippen LogP contribution in [0.2, 0.25) is 0 Å². The number of methoxy groups -OCH3 is 1. The smallest absolute Gasteiger partial charge is 0.322 e. The fourth-order valence-corrected chi connectivity index (χ4v) is 1.64. The minimum atomic E-state index is 0.345. The summed E-state index contributed by atoms with van der Waals surface area (Å²) < 4.78 is 5.07. The van der Waals surface area contributed by atoms with Crippen molar-refractivity contribution in [3.8, 4) is 6.01 Å². The van der Waals surface area contributed by atoms with Gasteiger partial charge in [0.1, 0.15) is 0 Å². The van der Waals surface area contributed by atoms with E-state index in [1.807, 2.05) is 0 Å². The highest BCUT2D eigenvalue weighted by Crippen LogP contribution is 2.31. The Labute approximate surface area is 108 Å². The largest absolute Gasteiger partial charge is 0.467 e. The average Bonchev–Trinajstić information content (AvgIpc) is 3.20. The fourth-order valence-electron chi connectivity index (χ4n) is 1.64. The molecule has 1 heterocycles. The Morgan fingerprint density at radius 1 is 1.11 bits per heavy atom. The molecule has 2 rings (SSSR count). The average molecular weight is 251 g/mol. The molecule has 0 aromatic carbocycles. The van der Waals surface area contributed by atoms with Gasteiger partial charge in [-0.15, -0.1) is 0 Å². The van der Waals surface area contributed by atoms with Gasteiger partial charge in [-0.2, -0.15) is 15.0 Å². The molecule has 0 aliphatic heterocycles. The number of rotatable bonds is 8. The maximum atomic E-state index is 5.07. The van der Waals surface area contributed by atoms with Crippen molar-refractivity contribution in [1.82, 2.24) is 15.0 Å². The third-order valence-corrected chi connectivity index (χ3v) is 2.86. The number of aromatic nitrogens is 3. The third-order valence-electron chi connectivity index (χ3n) is 2.86. The van der Waals surface area contributed by atoms with E-state index in [4.69, 9.17) is 4.74 Å². The number of nitrogens with zero attached hydrogens (tertiary/aromatic N) is 3. The predicted molar refractivity (Wildman–Crippen MR) is 71.0 cm³/mol. The Bertz CT molecular complexity index is 381. The number of ether oxygens (including phenoxy) is 1. The Morgan fingerprint density at radius 2 is 1.78 bits per heavy atom. The lowest BCUT2D eigenvalue weighted by Gasteiger charge is -2.08. The first kappa shape index (κ1) is 12.9. The molecule has 1 aliphatic carbocycles. The van der Waals surface area contributed by atoms with Gasteiger partial charge in [0.25, 0.3) is 0 Å². The van der Waals surface area contributed by atoms with Crippen molar-refractivity contribution in [3.05, 3.63) is 0 Å². The highest BCUT2D eigenvalue weighted by Gasteiger charge is 2.20. The molecular formula is C12H21N5O. The summed E-state index contributed by atoms with van der Waals surface area (Å²) in [7, 11) is 1.56. The van der Waals surface area contributed by atoms with E-state index in [0.717, 1.165) is 25.4 Å². The van der Waals surface area contributed by atoms with Gasteiger partial charge in [-0.1, -0.05) is 19.8 Å². The second-order valence-electron chi connectivity index (χ2n) is 4.55. The number of nitrogens with one attached hydrogen (secondary N) is 2. The predicted octanol–water partition coefficient (Wildman–Crippen LogP) is 1.91. The SMILES string of the molecule is CCCNc1nc(NCCC2CC2)nc(OC)n1. The maximum absolute atomic E-state index is 5.07. The van der Waals surface area contributed by atoms with Gasteiger partial charge in [-0.3, -0.25) is 0 Å². The van der Waals surface area contributed by atoms with E-state index in [1.54, 1.807) is 7.11 Å². The second-order valence-corrected chi connectivity index (χ2v) is 4.55. The van der Waals surface area contributed by atoms with Crippen molar-refractivity contribution >= 4 is 11.9 Å². The van der Waals surface area contributed by atoms with Crippen LogP contribution in [0.3, 0.4) is 0 Å². The van der Waals surface area contributed by atoms with Crippen LogP contribution >= 0.6 is 0 Å². The molecule has 0 radical (unpaired) electrons. The summed E-state index contributed by atoms with van der Waals surface area (Å²) in [6.45, 7) is 3.85. The summed E-state index contributed by atoms with van der Waals surface area (Å²) in [4.78, 5) is 12.6. The lowest BCUT2D eigenvalue weighted by atomic mass is 10.3. The Balaban J connectivity index is 1.92. The quantitative estimate of drug-likeness (QED) is 0.735. The van der Waals surface area contributed by atoms with E-state index in [0.29, 0.717) is 17.9 Å². The molecule has 100 valence electrons. The van der Waals surface area contributed by atoms with Gasteiger partial charge in [0.2, 0.25) is 11.9 Å². The molecule has 0 saturated heterocycles. The van der Waals surface area contributed by atoms with Gasteiger partial charge in [-0.05, 0) is 18.8 Å². The number of hydrogen-bond acceptors (Lipinski definition) is 6. The molecule has 0 bridgehead atoms. The van der Waals surface area contributed by atoms with Crippen molar-refractivity contribution in [3.63, 3.8) is 0 Å². The normalized spacial score (nSPS) is 14.3. The molecule has 6 nitrogen and oxygen atoms in total. The lowest BCUT2D eigenvalue weighted by Crippen LogP contribution is -2.11. The van der Waals surface area contributed by atoms with Crippen LogP contribution in [0, 0.1) is 5.92 Å². The van der Waals surface area contributed by atoms with Crippen molar-refractivity contribution in [2.45, 2.75) is 32.6 Å². The molecule has 0 unspecified atom stereocenters. The van der Waals surface area contributed by atoms with Gasteiger partial charge in [0.15, 0.2) is 0 Å². The summed E-state index contributed by atoms with van der Waals surface area (Å²) in [5.74, 6) is 2.05. The first-order chi connectivity index (χ1) is 8.81. The van der Waals surface area contributed by atoms with Crippen LogP contribution in [0.15, 0.2) is 0 Å². The number of hydrogen-bond donors (Lipinski definition) is 2. The van der Waals surface area contributed by atoms with Gasteiger partial charge >= 0.3 is 6.01 Å². The summed E-state index contributed by atoms with van der Waals surface area (Å²) in [5, 5.41) is 6.36. The summed E-state index contributed by atoms with van der Waals surface area (Å²) in [6.07, 6.45) is 4.95. The molecule has 2 N–H and O–H groups in total. The van der Waals surface area contributed by atoms with Crippen molar-refractivity contribution in [1.29, 1.82) is 0 Å². The lowest BCUT2D eigenvalue weighted by molar-refractivity contribution is 0.379. The molecule has 18 heavy (non-hydrogen) atoms. The van der Waals surface area contributed by atoms with Crippen LogP contribution in [0.25, 0.3) is 0 Å². The van der Waals surface area contributed by atoms with Gasteiger partial charge in [0, 0.05) is 13.1 Å². The van der Waals surface area contributed by atoms with Gasteiger partial charge in [0.05, 0.1) is 7.11 Å². The van der Waals surface area contributed by atoms with Gasteiger partial charge < -0.3 is 15.4 Å².